The highest BCUT2D eigenvalue weighted by molar-refractivity contribution is 7.99. The number of rotatable bonds is 12. The summed E-state index contributed by atoms with van der Waals surface area (Å²) >= 11 is 15.0. The number of halogens is 2. The lowest BCUT2D eigenvalue weighted by Crippen LogP contribution is -2.15. The van der Waals surface area contributed by atoms with Crippen molar-refractivity contribution in [3.8, 4) is 0 Å². The van der Waals surface area contributed by atoms with Crippen LogP contribution in [0.15, 0.2) is 60.3 Å². The van der Waals surface area contributed by atoms with Crippen molar-refractivity contribution in [2.75, 3.05) is 17.7 Å². The second kappa shape index (κ2) is 13.6. The molecule has 0 aliphatic carbocycles. The average molecular weight is 552 g/mol. The smallest absolute Gasteiger partial charge is 0.338 e. The van der Waals surface area contributed by atoms with Gasteiger partial charge in [0.05, 0.1) is 33.7 Å². The molecule has 11 heteroatoms. The molecule has 1 amide bonds. The van der Waals surface area contributed by atoms with E-state index in [9.17, 15) is 9.59 Å². The monoisotopic (exact) mass is 550 g/mol. The second-order valence-electron chi connectivity index (χ2n) is 7.17. The number of carbonyl (C=O) groups excluding carboxylic acids is 2. The molecule has 3 rings (SSSR count). The second-order valence-corrected chi connectivity index (χ2v) is 9.92. The minimum Gasteiger partial charge on any atom is -0.462 e. The van der Waals surface area contributed by atoms with Crippen LogP contribution in [0.5, 0.6) is 0 Å². The van der Waals surface area contributed by atoms with E-state index in [4.69, 9.17) is 27.9 Å². The third kappa shape index (κ3) is 8.03. The third-order valence-corrected chi connectivity index (χ3v) is 7.31. The first-order valence-electron chi connectivity index (χ1n) is 10.7. The van der Waals surface area contributed by atoms with E-state index in [-0.39, 0.29) is 11.7 Å². The first kappa shape index (κ1) is 27.1. The highest BCUT2D eigenvalue weighted by Gasteiger charge is 2.14. The molecular formula is C24H24Cl2N4O3S2. The molecule has 0 fully saturated rings. The maximum absolute atomic E-state index is 12.4. The Balaban J connectivity index is 1.53. The Morgan fingerprint density at radius 2 is 1.89 bits per heavy atom. The van der Waals surface area contributed by atoms with Gasteiger partial charge >= 0.3 is 5.97 Å². The van der Waals surface area contributed by atoms with Crippen LogP contribution in [0.2, 0.25) is 10.0 Å². The molecule has 0 aliphatic rings. The maximum Gasteiger partial charge on any atom is 0.338 e. The number of allylic oxidation sites excluding steroid dienone is 1. The molecular weight excluding hydrogens is 527 g/mol. The number of nitrogens with one attached hydrogen (secondary N) is 1. The topological polar surface area (TPSA) is 86.1 Å². The fourth-order valence-electron chi connectivity index (χ4n) is 2.97. The van der Waals surface area contributed by atoms with Gasteiger partial charge in [-0.25, -0.2) is 4.79 Å². The Morgan fingerprint density at radius 3 is 2.57 bits per heavy atom. The fourth-order valence-corrected chi connectivity index (χ4v) is 4.97. The minimum absolute atomic E-state index is 0.158. The minimum atomic E-state index is -0.395. The zero-order valence-electron chi connectivity index (χ0n) is 19.0. The number of thioether (sulfide) groups is 2. The van der Waals surface area contributed by atoms with Crippen LogP contribution in [-0.2, 0) is 27.6 Å². The van der Waals surface area contributed by atoms with Gasteiger partial charge in [0, 0.05) is 18.0 Å². The Bertz CT molecular complexity index is 1190. The van der Waals surface area contributed by atoms with Gasteiger partial charge in [0.15, 0.2) is 5.16 Å². The van der Waals surface area contributed by atoms with Crippen LogP contribution in [0, 0.1) is 0 Å². The number of carbonyl (C=O) groups is 2. The van der Waals surface area contributed by atoms with Crippen LogP contribution in [0.25, 0.3) is 0 Å². The van der Waals surface area contributed by atoms with Gasteiger partial charge in [-0.2, -0.15) is 0 Å². The molecule has 184 valence electrons. The van der Waals surface area contributed by atoms with Crippen LogP contribution < -0.4 is 5.32 Å². The van der Waals surface area contributed by atoms with Gasteiger partial charge in [0.2, 0.25) is 5.91 Å². The number of hydrogen-bond donors (Lipinski definition) is 1. The quantitative estimate of drug-likeness (QED) is 0.165. The van der Waals surface area contributed by atoms with Gasteiger partial charge in [-0.3, -0.25) is 4.79 Å². The van der Waals surface area contributed by atoms with Crippen molar-refractivity contribution in [1.29, 1.82) is 0 Å². The van der Waals surface area contributed by atoms with Gasteiger partial charge < -0.3 is 14.6 Å². The van der Waals surface area contributed by atoms with E-state index >= 15 is 0 Å². The molecule has 2 aromatic carbocycles. The van der Waals surface area contributed by atoms with Crippen molar-refractivity contribution in [2.45, 2.75) is 30.1 Å². The summed E-state index contributed by atoms with van der Waals surface area (Å²) in [6.45, 7) is 6.41. The Kier molecular flexibility index (Phi) is 10.5. The maximum atomic E-state index is 12.4. The van der Waals surface area contributed by atoms with Gasteiger partial charge in [-0.05, 0) is 48.9 Å². The number of amides is 1. The van der Waals surface area contributed by atoms with Crippen molar-refractivity contribution in [3.05, 3.63) is 82.1 Å². The molecule has 1 heterocycles. The number of ether oxygens (including phenoxy) is 1. The Morgan fingerprint density at radius 1 is 1.11 bits per heavy atom. The standard InChI is InChI=1S/C24H24Cl2N4O3S2/c1-3-11-30-21(14-34-13-16-5-10-19(25)20(26)12-16)28-29-24(30)35-15-22(31)27-18-8-6-17(7-9-18)23(32)33-4-2/h3,5-10,12H,1,4,11,13-15H2,2H3,(H,27,31). The largest absolute Gasteiger partial charge is 0.462 e. The summed E-state index contributed by atoms with van der Waals surface area (Å²) in [5, 5.41) is 13.1. The molecule has 0 aliphatic heterocycles. The number of nitrogens with zero attached hydrogens (tertiary/aromatic N) is 3. The predicted molar refractivity (Wildman–Crippen MR) is 143 cm³/mol. The highest BCUT2D eigenvalue weighted by Crippen LogP contribution is 2.26. The number of anilines is 1. The van der Waals surface area contributed by atoms with Crippen molar-refractivity contribution >= 4 is 64.3 Å². The fraction of sp³-hybridized carbons (Fsp3) is 0.250. The lowest BCUT2D eigenvalue weighted by Gasteiger charge is -2.09. The molecule has 0 radical (unpaired) electrons. The molecule has 1 aromatic heterocycles. The van der Waals surface area contributed by atoms with Crippen LogP contribution in [-0.4, -0.2) is 39.0 Å². The van der Waals surface area contributed by atoms with Gasteiger partial charge in [-0.1, -0.05) is 47.1 Å². The summed E-state index contributed by atoms with van der Waals surface area (Å²) in [4.78, 5) is 24.2. The molecule has 7 nitrogen and oxygen atoms in total. The first-order valence-corrected chi connectivity index (χ1v) is 13.5. The molecule has 3 aromatic rings. The molecule has 0 spiro atoms. The van der Waals surface area contributed by atoms with E-state index in [1.165, 1.54) is 11.8 Å². The molecule has 0 saturated heterocycles. The summed E-state index contributed by atoms with van der Waals surface area (Å²) < 4.78 is 6.91. The third-order valence-electron chi connectivity index (χ3n) is 4.60. The normalized spacial score (nSPS) is 10.7. The molecule has 1 N–H and O–H groups in total. The van der Waals surface area contributed by atoms with Crippen LogP contribution >= 0.6 is 46.7 Å². The van der Waals surface area contributed by atoms with Gasteiger partial charge in [-0.15, -0.1) is 28.5 Å². The van der Waals surface area contributed by atoms with Gasteiger partial charge in [0.1, 0.15) is 5.82 Å². The molecule has 0 saturated carbocycles. The zero-order chi connectivity index (χ0) is 25.2. The Labute approximate surface area is 222 Å². The zero-order valence-corrected chi connectivity index (χ0v) is 22.1. The summed E-state index contributed by atoms with van der Waals surface area (Å²) in [7, 11) is 0. The lowest BCUT2D eigenvalue weighted by atomic mass is 10.2. The lowest BCUT2D eigenvalue weighted by molar-refractivity contribution is -0.113. The summed E-state index contributed by atoms with van der Waals surface area (Å²) in [5.74, 6) is 1.76. The van der Waals surface area contributed by atoms with Crippen molar-refractivity contribution in [2.24, 2.45) is 0 Å². The summed E-state index contributed by atoms with van der Waals surface area (Å²) in [6.07, 6.45) is 1.77. The Hall–Kier alpha value is -2.46. The predicted octanol–water partition coefficient (Wildman–Crippen LogP) is 6.11. The van der Waals surface area contributed by atoms with Crippen molar-refractivity contribution in [1.82, 2.24) is 14.8 Å². The van der Waals surface area contributed by atoms with E-state index in [2.05, 4.69) is 22.1 Å². The number of aromatic nitrogens is 3. The van der Waals surface area contributed by atoms with Crippen LogP contribution in [0.4, 0.5) is 5.69 Å². The number of hydrogen-bond acceptors (Lipinski definition) is 7. The van der Waals surface area contributed by atoms with E-state index in [0.29, 0.717) is 45.4 Å². The first-order chi connectivity index (χ1) is 16.9. The van der Waals surface area contributed by atoms with Crippen molar-refractivity contribution < 1.29 is 14.3 Å². The molecule has 0 atom stereocenters. The number of esters is 1. The van der Waals surface area contributed by atoms with Crippen LogP contribution in [0.1, 0.15) is 28.7 Å². The highest BCUT2D eigenvalue weighted by atomic mass is 35.5. The average Bonchev–Trinajstić information content (AvgIpc) is 3.22. The SMILES string of the molecule is C=CCn1c(CSCc2ccc(Cl)c(Cl)c2)nnc1SCC(=O)Nc1ccc(C(=O)OCC)cc1. The van der Waals surface area contributed by atoms with E-state index in [1.807, 2.05) is 16.7 Å². The van der Waals surface area contributed by atoms with Gasteiger partial charge in [0.25, 0.3) is 0 Å². The summed E-state index contributed by atoms with van der Waals surface area (Å²) in [5.41, 5.74) is 2.10. The molecule has 35 heavy (non-hydrogen) atoms. The van der Waals surface area contributed by atoms with E-state index < -0.39 is 5.97 Å². The summed E-state index contributed by atoms with van der Waals surface area (Å²) in [6, 6.07) is 12.1. The molecule has 0 unspecified atom stereocenters. The van der Waals surface area contributed by atoms with E-state index in [0.717, 1.165) is 17.1 Å². The number of benzene rings is 2. The van der Waals surface area contributed by atoms with E-state index in [1.54, 1.807) is 55.1 Å². The van der Waals surface area contributed by atoms with Crippen molar-refractivity contribution in [3.63, 3.8) is 0 Å². The van der Waals surface area contributed by atoms with Crippen LogP contribution in [0.3, 0.4) is 0 Å². The molecule has 0 bridgehead atoms.